The van der Waals surface area contributed by atoms with E-state index < -0.39 is 0 Å². The molecule has 130 valence electrons. The lowest BCUT2D eigenvalue weighted by atomic mass is 10.1. The normalized spacial score (nSPS) is 10.1. The lowest BCUT2D eigenvalue weighted by Crippen LogP contribution is -1.98. The smallest absolute Gasteiger partial charge is 0.120 e. The van der Waals surface area contributed by atoms with Crippen molar-refractivity contribution in [1.29, 1.82) is 10.5 Å². The Morgan fingerprint density at radius 3 is 1.83 bits per heavy atom. The van der Waals surface area contributed by atoms with Crippen LogP contribution in [0.15, 0.2) is 18.2 Å². The minimum Gasteiger partial charge on any atom is -0.494 e. The van der Waals surface area contributed by atoms with Gasteiger partial charge in [-0.25, -0.2) is 0 Å². The summed E-state index contributed by atoms with van der Waals surface area (Å²) in [6.07, 6.45) is 14.5. The van der Waals surface area contributed by atoms with Crippen molar-refractivity contribution in [3.05, 3.63) is 29.3 Å². The van der Waals surface area contributed by atoms with Crippen molar-refractivity contribution in [2.75, 3.05) is 6.61 Å². The minimum absolute atomic E-state index is 0.383. The van der Waals surface area contributed by atoms with Gasteiger partial charge in [0.15, 0.2) is 0 Å². The molecule has 1 aromatic rings. The Kier molecular flexibility index (Phi) is 11.2. The molecule has 3 nitrogen and oxygen atoms in total. The fourth-order valence-electron chi connectivity index (χ4n) is 2.76. The molecule has 0 aromatic heterocycles. The first kappa shape index (κ1) is 20.0. The van der Waals surface area contributed by atoms with E-state index in [4.69, 9.17) is 15.3 Å². The van der Waals surface area contributed by atoms with E-state index in [9.17, 15) is 0 Å². The largest absolute Gasteiger partial charge is 0.494 e. The predicted octanol–water partition coefficient (Wildman–Crippen LogP) is 6.12. The van der Waals surface area contributed by atoms with Gasteiger partial charge in [-0.05, 0) is 24.6 Å². The van der Waals surface area contributed by atoms with Crippen LogP contribution in [0.1, 0.15) is 88.7 Å². The summed E-state index contributed by atoms with van der Waals surface area (Å²) in [4.78, 5) is 0. The third kappa shape index (κ3) is 8.59. The van der Waals surface area contributed by atoms with E-state index >= 15 is 0 Å². The first-order valence-electron chi connectivity index (χ1n) is 9.39. The summed E-state index contributed by atoms with van der Waals surface area (Å²) in [7, 11) is 0. The Morgan fingerprint density at radius 2 is 1.29 bits per heavy atom. The zero-order chi connectivity index (χ0) is 17.5. The molecular formula is C21H30N2O. The molecule has 0 aliphatic carbocycles. The highest BCUT2D eigenvalue weighted by atomic mass is 16.5. The summed E-state index contributed by atoms with van der Waals surface area (Å²) >= 11 is 0. The second kappa shape index (κ2) is 13.4. The Morgan fingerprint density at radius 1 is 0.750 bits per heavy atom. The van der Waals surface area contributed by atoms with Gasteiger partial charge in [-0.3, -0.25) is 0 Å². The highest BCUT2D eigenvalue weighted by Gasteiger charge is 2.03. The van der Waals surface area contributed by atoms with Gasteiger partial charge in [0.05, 0.1) is 17.7 Å². The zero-order valence-corrected chi connectivity index (χ0v) is 15.0. The zero-order valence-electron chi connectivity index (χ0n) is 15.0. The van der Waals surface area contributed by atoms with E-state index in [0.717, 1.165) is 6.42 Å². The van der Waals surface area contributed by atoms with E-state index in [1.807, 2.05) is 12.1 Å². The molecular weight excluding hydrogens is 296 g/mol. The van der Waals surface area contributed by atoms with Crippen LogP contribution in [0.3, 0.4) is 0 Å². The number of ether oxygens (including phenoxy) is 1. The van der Waals surface area contributed by atoms with Gasteiger partial charge in [-0.15, -0.1) is 0 Å². The van der Waals surface area contributed by atoms with Crippen molar-refractivity contribution in [1.82, 2.24) is 0 Å². The topological polar surface area (TPSA) is 56.8 Å². The minimum atomic E-state index is 0.383. The quantitative estimate of drug-likeness (QED) is 0.410. The molecule has 24 heavy (non-hydrogen) atoms. The van der Waals surface area contributed by atoms with Crippen molar-refractivity contribution < 1.29 is 4.74 Å². The van der Waals surface area contributed by atoms with Crippen LogP contribution >= 0.6 is 0 Å². The SMILES string of the molecule is CCCCCCCCCCCCCOc1ccc(C#N)c(C#N)c1. The second-order valence-corrected chi connectivity index (χ2v) is 6.31. The van der Waals surface area contributed by atoms with Gasteiger partial charge in [0, 0.05) is 0 Å². The van der Waals surface area contributed by atoms with Gasteiger partial charge < -0.3 is 4.74 Å². The molecule has 0 bridgehead atoms. The summed E-state index contributed by atoms with van der Waals surface area (Å²) in [5, 5.41) is 17.9. The van der Waals surface area contributed by atoms with Crippen molar-refractivity contribution in [2.24, 2.45) is 0 Å². The van der Waals surface area contributed by atoms with Crippen LogP contribution < -0.4 is 4.74 Å². The molecule has 3 heteroatoms. The van der Waals surface area contributed by atoms with Crippen LogP contribution in [-0.4, -0.2) is 6.61 Å². The molecule has 0 atom stereocenters. The van der Waals surface area contributed by atoms with Crippen molar-refractivity contribution in [2.45, 2.75) is 77.6 Å². The van der Waals surface area contributed by atoms with Crippen LogP contribution in [0.25, 0.3) is 0 Å². The second-order valence-electron chi connectivity index (χ2n) is 6.31. The predicted molar refractivity (Wildman–Crippen MR) is 97.8 cm³/mol. The van der Waals surface area contributed by atoms with Crippen molar-refractivity contribution in [3.8, 4) is 17.9 Å². The molecule has 1 aromatic carbocycles. The molecule has 0 spiro atoms. The van der Waals surface area contributed by atoms with Gasteiger partial charge in [-0.2, -0.15) is 10.5 Å². The summed E-state index contributed by atoms with van der Waals surface area (Å²) in [6, 6.07) is 9.10. The summed E-state index contributed by atoms with van der Waals surface area (Å²) in [5.74, 6) is 0.678. The van der Waals surface area contributed by atoms with E-state index in [-0.39, 0.29) is 0 Å². The molecule has 0 aliphatic heterocycles. The van der Waals surface area contributed by atoms with E-state index in [0.29, 0.717) is 23.5 Å². The first-order chi connectivity index (χ1) is 11.8. The highest BCUT2D eigenvalue weighted by Crippen LogP contribution is 2.17. The molecule has 0 fully saturated rings. The number of rotatable bonds is 13. The van der Waals surface area contributed by atoms with Crippen LogP contribution in [0.2, 0.25) is 0 Å². The van der Waals surface area contributed by atoms with Crippen LogP contribution in [0.4, 0.5) is 0 Å². The lowest BCUT2D eigenvalue weighted by Gasteiger charge is -2.07. The number of benzene rings is 1. The van der Waals surface area contributed by atoms with Crippen LogP contribution in [0.5, 0.6) is 5.75 Å². The molecule has 0 N–H and O–H groups in total. The number of hydrogen-bond donors (Lipinski definition) is 0. The molecule has 0 unspecified atom stereocenters. The maximum Gasteiger partial charge on any atom is 0.120 e. The van der Waals surface area contributed by atoms with E-state index in [2.05, 4.69) is 6.92 Å². The lowest BCUT2D eigenvalue weighted by molar-refractivity contribution is 0.304. The average molecular weight is 326 g/mol. The first-order valence-corrected chi connectivity index (χ1v) is 9.39. The Labute approximate surface area is 147 Å². The summed E-state index contributed by atoms with van der Waals surface area (Å²) in [5.41, 5.74) is 0.786. The third-order valence-electron chi connectivity index (χ3n) is 4.25. The summed E-state index contributed by atoms with van der Waals surface area (Å²) < 4.78 is 5.67. The fraction of sp³-hybridized carbons (Fsp3) is 0.619. The monoisotopic (exact) mass is 326 g/mol. The number of nitrogens with zero attached hydrogens (tertiary/aromatic N) is 2. The highest BCUT2D eigenvalue weighted by molar-refractivity contribution is 5.49. The molecule has 0 aliphatic rings. The third-order valence-corrected chi connectivity index (χ3v) is 4.25. The Balaban J connectivity index is 2.01. The molecule has 1 rings (SSSR count). The van der Waals surface area contributed by atoms with Gasteiger partial charge in [-0.1, -0.05) is 71.1 Å². The van der Waals surface area contributed by atoms with Crippen molar-refractivity contribution in [3.63, 3.8) is 0 Å². The fourth-order valence-corrected chi connectivity index (χ4v) is 2.76. The van der Waals surface area contributed by atoms with Gasteiger partial charge in [0.1, 0.15) is 17.9 Å². The number of nitriles is 2. The number of unbranched alkanes of at least 4 members (excludes halogenated alkanes) is 10. The molecule has 0 heterocycles. The number of hydrogen-bond acceptors (Lipinski definition) is 3. The van der Waals surface area contributed by atoms with Gasteiger partial charge in [0.25, 0.3) is 0 Å². The van der Waals surface area contributed by atoms with Gasteiger partial charge >= 0.3 is 0 Å². The summed E-state index contributed by atoms with van der Waals surface area (Å²) in [6.45, 7) is 2.93. The Hall–Kier alpha value is -2.00. The molecule has 0 saturated heterocycles. The van der Waals surface area contributed by atoms with E-state index in [1.54, 1.807) is 18.2 Å². The van der Waals surface area contributed by atoms with Crippen molar-refractivity contribution >= 4 is 0 Å². The molecule has 0 saturated carbocycles. The van der Waals surface area contributed by atoms with Crippen LogP contribution in [0, 0.1) is 22.7 Å². The molecule has 0 radical (unpaired) electrons. The van der Waals surface area contributed by atoms with Gasteiger partial charge in [0.2, 0.25) is 0 Å². The van der Waals surface area contributed by atoms with Crippen LogP contribution in [-0.2, 0) is 0 Å². The van der Waals surface area contributed by atoms with E-state index in [1.165, 1.54) is 64.2 Å². The maximum atomic E-state index is 8.99. The Bertz CT molecular complexity index is 540. The average Bonchev–Trinajstić information content (AvgIpc) is 2.62. The maximum absolute atomic E-state index is 8.99. The molecule has 0 amide bonds. The standard InChI is InChI=1S/C21H30N2O/c1-2-3-4-5-6-7-8-9-10-11-12-15-24-21-14-13-19(17-22)20(16-21)18-23/h13-14,16H,2-12,15H2,1H3.